The number of H-pyrrole nitrogens is 1. The summed E-state index contributed by atoms with van der Waals surface area (Å²) < 4.78 is 27.5. The van der Waals surface area contributed by atoms with Gasteiger partial charge in [-0.25, -0.2) is 18.7 Å². The fraction of sp³-hybridized carbons (Fsp3) is 0.263. The maximum atomic E-state index is 14.3. The van der Waals surface area contributed by atoms with Gasteiger partial charge in [-0.3, -0.25) is 5.10 Å². The molecular weight excluding hydrogens is 364 g/mol. The van der Waals surface area contributed by atoms with E-state index >= 15 is 0 Å². The highest BCUT2D eigenvalue weighted by Crippen LogP contribution is 2.35. The fourth-order valence-electron chi connectivity index (χ4n) is 3.37. The zero-order valence-corrected chi connectivity index (χ0v) is 15.2. The number of anilines is 3. The number of aromatic nitrogens is 5. The quantitative estimate of drug-likeness (QED) is 0.693. The Hall–Kier alpha value is -3.36. The number of benzene rings is 1. The first-order valence-corrected chi connectivity index (χ1v) is 9.00. The van der Waals surface area contributed by atoms with Crippen LogP contribution in [-0.2, 0) is 0 Å². The third-order valence-corrected chi connectivity index (χ3v) is 4.57. The lowest BCUT2D eigenvalue weighted by Crippen LogP contribution is -2.25. The molecule has 0 spiro atoms. The van der Waals surface area contributed by atoms with Crippen molar-refractivity contribution < 1.29 is 8.78 Å². The highest BCUT2D eigenvalue weighted by molar-refractivity contribution is 5.55. The van der Waals surface area contributed by atoms with Crippen LogP contribution < -0.4 is 10.2 Å². The van der Waals surface area contributed by atoms with Crippen molar-refractivity contribution in [3.05, 3.63) is 59.6 Å². The number of rotatable bonds is 5. The van der Waals surface area contributed by atoms with Gasteiger partial charge in [-0.15, -0.1) is 0 Å². The molecule has 28 heavy (non-hydrogen) atoms. The van der Waals surface area contributed by atoms with Crippen molar-refractivity contribution >= 4 is 23.8 Å². The van der Waals surface area contributed by atoms with Gasteiger partial charge in [0.2, 0.25) is 11.9 Å². The van der Waals surface area contributed by atoms with E-state index in [9.17, 15) is 8.78 Å². The molecule has 1 fully saturated rings. The summed E-state index contributed by atoms with van der Waals surface area (Å²) in [5.74, 6) is 0.209. The highest BCUT2D eigenvalue weighted by atomic mass is 19.1. The van der Waals surface area contributed by atoms with E-state index in [0.29, 0.717) is 29.8 Å². The van der Waals surface area contributed by atoms with Crippen LogP contribution in [0.15, 0.2) is 36.7 Å². The summed E-state index contributed by atoms with van der Waals surface area (Å²) in [6.45, 7) is 2.60. The molecule has 1 aliphatic rings. The van der Waals surface area contributed by atoms with Crippen molar-refractivity contribution in [2.24, 2.45) is 0 Å². The summed E-state index contributed by atoms with van der Waals surface area (Å²) >= 11 is 0. The van der Waals surface area contributed by atoms with Crippen LogP contribution in [0.25, 0.3) is 6.08 Å². The number of nitrogens with zero attached hydrogens (tertiary/aromatic N) is 5. The summed E-state index contributed by atoms with van der Waals surface area (Å²) in [6, 6.07) is 5.25. The van der Waals surface area contributed by atoms with Crippen molar-refractivity contribution in [1.82, 2.24) is 25.1 Å². The third kappa shape index (κ3) is 3.68. The van der Waals surface area contributed by atoms with Gasteiger partial charge in [0.15, 0.2) is 5.82 Å². The Morgan fingerprint density at radius 3 is 2.96 bits per heavy atom. The molecule has 0 saturated carbocycles. The second-order valence-electron chi connectivity index (χ2n) is 6.46. The second-order valence-corrected chi connectivity index (χ2v) is 6.46. The minimum atomic E-state index is -0.589. The van der Waals surface area contributed by atoms with Gasteiger partial charge in [-0.05, 0) is 31.9 Å². The van der Waals surface area contributed by atoms with Gasteiger partial charge in [-0.2, -0.15) is 10.1 Å². The average Bonchev–Trinajstić information content (AvgIpc) is 3.32. The molecule has 3 aromatic rings. The van der Waals surface area contributed by atoms with Gasteiger partial charge in [0, 0.05) is 24.2 Å². The lowest BCUT2D eigenvalue weighted by atomic mass is 10.0. The standard InChI is InChI=1S/C19H19F2N7/c1-2-4-13-10-17(27-26-13)24-18-22-11-23-19(25-18)28-8-3-5-16(28)14-7-6-12(20)9-15(14)21/h2,4,6-7,9-11,16H,3,5,8H2,1H3,(H2,22,23,24,25,26,27)/b4-2+. The smallest absolute Gasteiger partial charge is 0.233 e. The molecule has 1 atom stereocenters. The zero-order valence-electron chi connectivity index (χ0n) is 15.2. The summed E-state index contributed by atoms with van der Waals surface area (Å²) in [6.07, 6.45) is 6.80. The van der Waals surface area contributed by atoms with Crippen molar-refractivity contribution in [3.8, 4) is 0 Å². The molecule has 3 heterocycles. The van der Waals surface area contributed by atoms with Crippen LogP contribution in [0, 0.1) is 11.6 Å². The molecule has 1 aliphatic heterocycles. The Morgan fingerprint density at radius 1 is 1.25 bits per heavy atom. The van der Waals surface area contributed by atoms with Gasteiger partial charge < -0.3 is 10.2 Å². The maximum absolute atomic E-state index is 14.3. The first-order valence-electron chi connectivity index (χ1n) is 9.00. The molecule has 2 N–H and O–H groups in total. The van der Waals surface area contributed by atoms with E-state index in [1.807, 2.05) is 30.0 Å². The number of nitrogens with one attached hydrogen (secondary N) is 2. The van der Waals surface area contributed by atoms with E-state index in [-0.39, 0.29) is 6.04 Å². The van der Waals surface area contributed by atoms with Crippen LogP contribution in [0.2, 0.25) is 0 Å². The first kappa shape index (κ1) is 18.0. The molecule has 4 rings (SSSR count). The van der Waals surface area contributed by atoms with Crippen LogP contribution in [0.1, 0.15) is 37.1 Å². The zero-order chi connectivity index (χ0) is 19.5. The summed E-state index contributed by atoms with van der Waals surface area (Å²) in [7, 11) is 0. The number of hydrogen-bond donors (Lipinski definition) is 2. The van der Waals surface area contributed by atoms with E-state index in [1.165, 1.54) is 18.5 Å². The molecule has 1 saturated heterocycles. The molecule has 9 heteroatoms. The number of hydrogen-bond acceptors (Lipinski definition) is 6. The molecule has 1 unspecified atom stereocenters. The molecule has 1 aromatic carbocycles. The maximum Gasteiger partial charge on any atom is 0.233 e. The molecule has 7 nitrogen and oxygen atoms in total. The van der Waals surface area contributed by atoms with Gasteiger partial charge in [-0.1, -0.05) is 12.1 Å². The van der Waals surface area contributed by atoms with Crippen molar-refractivity contribution in [1.29, 1.82) is 0 Å². The van der Waals surface area contributed by atoms with Gasteiger partial charge in [0.25, 0.3) is 0 Å². The van der Waals surface area contributed by atoms with E-state index in [4.69, 9.17) is 0 Å². The van der Waals surface area contributed by atoms with Crippen molar-refractivity contribution in [2.45, 2.75) is 25.8 Å². The van der Waals surface area contributed by atoms with Crippen LogP contribution in [-0.4, -0.2) is 31.7 Å². The monoisotopic (exact) mass is 383 g/mol. The lowest BCUT2D eigenvalue weighted by Gasteiger charge is -2.25. The second kappa shape index (κ2) is 7.71. The Balaban J connectivity index is 1.57. The SMILES string of the molecule is C/C=C/c1cc(Nc2ncnc(N3CCCC3c3ccc(F)cc3F)n2)n[nH]1. The van der Waals surface area contributed by atoms with Crippen LogP contribution in [0.5, 0.6) is 0 Å². The highest BCUT2D eigenvalue weighted by Gasteiger charge is 2.30. The Bertz CT molecular complexity index is 1000. The van der Waals surface area contributed by atoms with Gasteiger partial charge in [0.05, 0.1) is 11.7 Å². The molecular formula is C19H19F2N7. The average molecular weight is 383 g/mol. The number of allylic oxidation sites excluding steroid dienone is 1. The molecule has 0 aliphatic carbocycles. The number of halogens is 2. The minimum Gasteiger partial charge on any atom is -0.334 e. The summed E-state index contributed by atoms with van der Waals surface area (Å²) in [5, 5.41) is 10.1. The fourth-order valence-corrected chi connectivity index (χ4v) is 3.37. The van der Waals surface area contributed by atoms with E-state index in [1.54, 1.807) is 0 Å². The van der Waals surface area contributed by atoms with Crippen molar-refractivity contribution in [2.75, 3.05) is 16.8 Å². The van der Waals surface area contributed by atoms with Gasteiger partial charge >= 0.3 is 0 Å². The summed E-state index contributed by atoms with van der Waals surface area (Å²) in [4.78, 5) is 14.7. The third-order valence-electron chi connectivity index (χ3n) is 4.57. The summed E-state index contributed by atoms with van der Waals surface area (Å²) in [5.41, 5.74) is 1.29. The molecule has 0 amide bonds. The molecule has 2 aromatic heterocycles. The largest absolute Gasteiger partial charge is 0.334 e. The lowest BCUT2D eigenvalue weighted by molar-refractivity contribution is 0.552. The predicted octanol–water partition coefficient (Wildman–Crippen LogP) is 3.99. The Labute approximate surface area is 160 Å². The normalized spacial score (nSPS) is 16.8. The molecule has 0 bridgehead atoms. The predicted molar refractivity (Wildman–Crippen MR) is 102 cm³/mol. The molecule has 0 radical (unpaired) electrons. The van der Waals surface area contributed by atoms with Crippen LogP contribution in [0.4, 0.5) is 26.5 Å². The van der Waals surface area contributed by atoms with Crippen molar-refractivity contribution in [3.63, 3.8) is 0 Å². The van der Waals surface area contributed by atoms with Crippen LogP contribution in [0.3, 0.4) is 0 Å². The topological polar surface area (TPSA) is 82.6 Å². The Kier molecular flexibility index (Phi) is 4.96. The molecule has 144 valence electrons. The first-order chi connectivity index (χ1) is 13.6. The minimum absolute atomic E-state index is 0.248. The Morgan fingerprint density at radius 2 is 2.14 bits per heavy atom. The van der Waals surface area contributed by atoms with Crippen LogP contribution >= 0.6 is 0 Å². The van der Waals surface area contributed by atoms with E-state index in [2.05, 4.69) is 30.5 Å². The van der Waals surface area contributed by atoms with E-state index in [0.717, 1.165) is 24.6 Å². The van der Waals surface area contributed by atoms with Gasteiger partial charge in [0.1, 0.15) is 18.0 Å². The number of aromatic amines is 1. The van der Waals surface area contributed by atoms with E-state index < -0.39 is 11.6 Å².